The Morgan fingerprint density at radius 2 is 2.14 bits per heavy atom. The third kappa shape index (κ3) is 3.45. The van der Waals surface area contributed by atoms with E-state index in [1.165, 1.54) is 0 Å². The Morgan fingerprint density at radius 3 is 2.82 bits per heavy atom. The minimum atomic E-state index is 0.182. The van der Waals surface area contributed by atoms with Gasteiger partial charge in [0, 0.05) is 44.7 Å². The van der Waals surface area contributed by atoms with Crippen molar-refractivity contribution in [3.63, 3.8) is 0 Å². The van der Waals surface area contributed by atoms with Gasteiger partial charge in [-0.05, 0) is 31.0 Å². The average Bonchev–Trinajstić information content (AvgIpc) is 3.03. The summed E-state index contributed by atoms with van der Waals surface area (Å²) in [6, 6.07) is 4.17. The van der Waals surface area contributed by atoms with E-state index in [9.17, 15) is 5.11 Å². The average molecular weight is 302 g/mol. The first-order chi connectivity index (χ1) is 10.8. The summed E-state index contributed by atoms with van der Waals surface area (Å²) < 4.78 is 5.44. The summed E-state index contributed by atoms with van der Waals surface area (Å²) in [6.07, 6.45) is 6.13. The van der Waals surface area contributed by atoms with Crippen molar-refractivity contribution in [2.45, 2.75) is 25.9 Å². The highest BCUT2D eigenvalue weighted by molar-refractivity contribution is 5.31. The largest absolute Gasteiger partial charge is 0.468 e. The van der Waals surface area contributed by atoms with Crippen LogP contribution in [0.4, 0.5) is 5.95 Å². The highest BCUT2D eigenvalue weighted by Gasteiger charge is 2.28. The molecule has 3 rings (SSSR count). The van der Waals surface area contributed by atoms with Gasteiger partial charge < -0.3 is 14.4 Å². The van der Waals surface area contributed by atoms with Gasteiger partial charge in [-0.3, -0.25) is 4.90 Å². The van der Waals surface area contributed by atoms with Gasteiger partial charge in [0.05, 0.1) is 12.8 Å². The zero-order valence-corrected chi connectivity index (χ0v) is 12.9. The van der Waals surface area contributed by atoms with Crippen LogP contribution in [0.5, 0.6) is 0 Å². The fourth-order valence-corrected chi connectivity index (χ4v) is 2.86. The van der Waals surface area contributed by atoms with Crippen molar-refractivity contribution >= 4 is 5.95 Å². The van der Waals surface area contributed by atoms with Crippen LogP contribution in [0.15, 0.2) is 35.2 Å². The Kier molecular flexibility index (Phi) is 4.70. The summed E-state index contributed by atoms with van der Waals surface area (Å²) in [6.45, 7) is 5.56. The van der Waals surface area contributed by atoms with Crippen molar-refractivity contribution in [1.29, 1.82) is 0 Å². The molecule has 2 aromatic rings. The van der Waals surface area contributed by atoms with Gasteiger partial charge in [-0.15, -0.1) is 0 Å². The van der Waals surface area contributed by atoms with Crippen LogP contribution in [-0.2, 0) is 6.54 Å². The molecule has 0 radical (unpaired) electrons. The van der Waals surface area contributed by atoms with Gasteiger partial charge in [-0.2, -0.15) is 0 Å². The molecule has 1 saturated heterocycles. The molecule has 2 aromatic heterocycles. The molecule has 0 aliphatic carbocycles. The summed E-state index contributed by atoms with van der Waals surface area (Å²) >= 11 is 0. The predicted molar refractivity (Wildman–Crippen MR) is 83.6 cm³/mol. The third-order valence-corrected chi connectivity index (χ3v) is 4.06. The molecule has 3 heterocycles. The van der Waals surface area contributed by atoms with E-state index >= 15 is 0 Å². The first-order valence-electron chi connectivity index (χ1n) is 7.67. The lowest BCUT2D eigenvalue weighted by molar-refractivity contribution is 0.126. The topological polar surface area (TPSA) is 65.6 Å². The summed E-state index contributed by atoms with van der Waals surface area (Å²) in [4.78, 5) is 13.4. The smallest absolute Gasteiger partial charge is 0.225 e. The lowest BCUT2D eigenvalue weighted by Gasteiger charge is -2.41. The maximum atomic E-state index is 9.36. The summed E-state index contributed by atoms with van der Waals surface area (Å²) in [5, 5.41) is 9.36. The van der Waals surface area contributed by atoms with E-state index in [2.05, 4.69) is 19.8 Å². The molecule has 0 saturated carbocycles. The molecule has 1 atom stereocenters. The van der Waals surface area contributed by atoms with E-state index in [1.807, 2.05) is 31.5 Å². The molecule has 6 nitrogen and oxygen atoms in total. The number of hydrogen-bond acceptors (Lipinski definition) is 6. The molecule has 22 heavy (non-hydrogen) atoms. The number of anilines is 1. The Balaban J connectivity index is 1.68. The monoisotopic (exact) mass is 302 g/mol. The van der Waals surface area contributed by atoms with Crippen LogP contribution in [0, 0.1) is 6.92 Å². The SMILES string of the molecule is Cc1cnc(N2CCN(Cc3ccco3)[C@@H](CCO)C2)nc1. The maximum Gasteiger partial charge on any atom is 0.225 e. The van der Waals surface area contributed by atoms with Gasteiger partial charge in [0.25, 0.3) is 0 Å². The second-order valence-electron chi connectivity index (χ2n) is 5.72. The summed E-state index contributed by atoms with van der Waals surface area (Å²) in [5.41, 5.74) is 1.06. The quantitative estimate of drug-likeness (QED) is 0.902. The number of furan rings is 1. The number of hydrogen-bond donors (Lipinski definition) is 1. The van der Waals surface area contributed by atoms with Crippen molar-refractivity contribution in [3.05, 3.63) is 42.1 Å². The van der Waals surface area contributed by atoms with Crippen LogP contribution in [0.25, 0.3) is 0 Å². The van der Waals surface area contributed by atoms with E-state index in [0.29, 0.717) is 0 Å². The minimum Gasteiger partial charge on any atom is -0.468 e. The molecule has 1 aliphatic rings. The van der Waals surface area contributed by atoms with Gasteiger partial charge in [0.15, 0.2) is 0 Å². The van der Waals surface area contributed by atoms with Gasteiger partial charge >= 0.3 is 0 Å². The highest BCUT2D eigenvalue weighted by Crippen LogP contribution is 2.19. The van der Waals surface area contributed by atoms with Crippen molar-refractivity contribution < 1.29 is 9.52 Å². The maximum absolute atomic E-state index is 9.36. The van der Waals surface area contributed by atoms with Gasteiger partial charge in [0.2, 0.25) is 5.95 Å². The van der Waals surface area contributed by atoms with Crippen molar-refractivity contribution in [2.24, 2.45) is 0 Å². The Hall–Kier alpha value is -1.92. The molecule has 118 valence electrons. The molecule has 0 bridgehead atoms. The van der Waals surface area contributed by atoms with Gasteiger partial charge in [-0.1, -0.05) is 0 Å². The van der Waals surface area contributed by atoms with E-state index in [0.717, 1.165) is 49.9 Å². The van der Waals surface area contributed by atoms with Crippen LogP contribution in [0.3, 0.4) is 0 Å². The number of aryl methyl sites for hydroxylation is 1. The number of aliphatic hydroxyl groups is 1. The molecule has 1 N–H and O–H groups in total. The number of rotatable bonds is 5. The number of nitrogens with zero attached hydrogens (tertiary/aromatic N) is 4. The lowest BCUT2D eigenvalue weighted by atomic mass is 10.1. The number of aromatic nitrogens is 2. The molecule has 0 unspecified atom stereocenters. The van der Waals surface area contributed by atoms with Crippen LogP contribution < -0.4 is 4.90 Å². The first kappa shape index (κ1) is 15.0. The van der Waals surface area contributed by atoms with Crippen LogP contribution in [0.1, 0.15) is 17.7 Å². The van der Waals surface area contributed by atoms with E-state index in [-0.39, 0.29) is 12.6 Å². The van der Waals surface area contributed by atoms with E-state index in [1.54, 1.807) is 6.26 Å². The molecule has 0 aromatic carbocycles. The predicted octanol–water partition coefficient (Wildman–Crippen LogP) is 1.45. The van der Waals surface area contributed by atoms with Crippen molar-refractivity contribution in [1.82, 2.24) is 14.9 Å². The molecule has 1 fully saturated rings. The van der Waals surface area contributed by atoms with Crippen LogP contribution >= 0.6 is 0 Å². The Bertz CT molecular complexity index is 570. The van der Waals surface area contributed by atoms with E-state index < -0.39 is 0 Å². The third-order valence-electron chi connectivity index (χ3n) is 4.06. The van der Waals surface area contributed by atoms with Gasteiger partial charge in [-0.25, -0.2) is 9.97 Å². The van der Waals surface area contributed by atoms with Crippen LogP contribution in [0.2, 0.25) is 0 Å². The molecule has 0 spiro atoms. The molecule has 6 heteroatoms. The number of piperazine rings is 1. The molecule has 0 amide bonds. The lowest BCUT2D eigenvalue weighted by Crippen LogP contribution is -2.53. The molecule has 1 aliphatic heterocycles. The fraction of sp³-hybridized carbons (Fsp3) is 0.500. The molecular weight excluding hydrogens is 280 g/mol. The van der Waals surface area contributed by atoms with Crippen LogP contribution in [-0.4, -0.2) is 52.3 Å². The molecular formula is C16H22N4O2. The Morgan fingerprint density at radius 1 is 1.32 bits per heavy atom. The standard InChI is InChI=1S/C16H22N4O2/c1-13-9-17-16(18-10-13)20-6-5-19(14(11-20)4-7-21)12-15-3-2-8-22-15/h2-3,8-10,14,21H,4-7,11-12H2,1H3/t14-/m0/s1. The van der Waals surface area contributed by atoms with E-state index in [4.69, 9.17) is 4.42 Å². The minimum absolute atomic E-state index is 0.182. The van der Waals surface area contributed by atoms with Crippen molar-refractivity contribution in [2.75, 3.05) is 31.1 Å². The normalized spacial score (nSPS) is 19.5. The highest BCUT2D eigenvalue weighted by atomic mass is 16.3. The zero-order valence-electron chi connectivity index (χ0n) is 12.9. The Labute approximate surface area is 130 Å². The number of aliphatic hydroxyl groups excluding tert-OH is 1. The van der Waals surface area contributed by atoms with Crippen molar-refractivity contribution in [3.8, 4) is 0 Å². The second kappa shape index (κ2) is 6.89. The fourth-order valence-electron chi connectivity index (χ4n) is 2.86. The second-order valence-corrected chi connectivity index (χ2v) is 5.72. The zero-order chi connectivity index (χ0) is 15.4. The summed E-state index contributed by atoms with van der Waals surface area (Å²) in [5.74, 6) is 1.73. The van der Waals surface area contributed by atoms with Gasteiger partial charge in [0.1, 0.15) is 5.76 Å². The summed E-state index contributed by atoms with van der Waals surface area (Å²) in [7, 11) is 0. The first-order valence-corrected chi connectivity index (χ1v) is 7.67.